The predicted molar refractivity (Wildman–Crippen MR) is 159 cm³/mol. The summed E-state index contributed by atoms with van der Waals surface area (Å²) >= 11 is 0. The fourth-order valence-electron chi connectivity index (χ4n) is 6.12. The standard InChI is InChI=1S/C36H44/c1-4-15-28(3)29(5-2)16-9-7-6-8-10-17-30-18-11-12-19-31(30)24-25-32-26-27-34-21-13-20-33-22-14-23-35(32)36(33)34/h4-5,9,11-12,14-20,22-25,28,34,36H,6-8,10,13,21,26-27H2,1-3H3. The van der Waals surface area contributed by atoms with Crippen LogP contribution in [-0.2, 0) is 0 Å². The summed E-state index contributed by atoms with van der Waals surface area (Å²) in [5, 5.41) is 2.71. The molecule has 1 saturated carbocycles. The fraction of sp³-hybridized carbons (Fsp3) is 0.389. The van der Waals surface area contributed by atoms with Crippen LogP contribution in [0.15, 0.2) is 107 Å². The van der Waals surface area contributed by atoms with E-state index in [1.165, 1.54) is 54.5 Å². The highest BCUT2D eigenvalue weighted by atomic mass is 14.4. The van der Waals surface area contributed by atoms with Crippen LogP contribution in [0.1, 0.15) is 72.1 Å². The quantitative estimate of drug-likeness (QED) is 0.190. The van der Waals surface area contributed by atoms with Crippen molar-refractivity contribution in [3.05, 3.63) is 118 Å². The Balaban J connectivity index is 1.38. The van der Waals surface area contributed by atoms with Gasteiger partial charge in [-0.15, -0.1) is 0 Å². The minimum atomic E-state index is 0.495. The second-order valence-electron chi connectivity index (χ2n) is 10.5. The molecule has 3 unspecified atom stereocenters. The van der Waals surface area contributed by atoms with Gasteiger partial charge in [-0.25, -0.2) is 0 Å². The summed E-state index contributed by atoms with van der Waals surface area (Å²) in [5.74, 6) is 1.98. The summed E-state index contributed by atoms with van der Waals surface area (Å²) in [4.78, 5) is 0. The predicted octanol–water partition coefficient (Wildman–Crippen LogP) is 8.69. The highest BCUT2D eigenvalue weighted by Gasteiger charge is 2.35. The first-order valence-electron chi connectivity index (χ1n) is 14.2. The lowest BCUT2D eigenvalue weighted by atomic mass is 9.64. The monoisotopic (exact) mass is 476 g/mol. The molecule has 0 amide bonds. The molecule has 0 saturated heterocycles. The average molecular weight is 477 g/mol. The van der Waals surface area contributed by atoms with E-state index in [1.54, 1.807) is 16.7 Å². The summed E-state index contributed by atoms with van der Waals surface area (Å²) in [6.07, 6.45) is 37.9. The van der Waals surface area contributed by atoms with E-state index < -0.39 is 0 Å². The van der Waals surface area contributed by atoms with E-state index in [0.717, 1.165) is 18.8 Å². The molecule has 0 spiro atoms. The first-order valence-corrected chi connectivity index (χ1v) is 14.2. The zero-order valence-corrected chi connectivity index (χ0v) is 22.6. The van der Waals surface area contributed by atoms with Crippen LogP contribution in [0.4, 0.5) is 0 Å². The number of hydrogen-bond donors (Lipinski definition) is 0. The Labute approximate surface area is 219 Å². The van der Waals surface area contributed by atoms with E-state index in [4.69, 9.17) is 0 Å². The van der Waals surface area contributed by atoms with Crippen LogP contribution < -0.4 is 10.4 Å². The largest absolute Gasteiger partial charge is 0.0911 e. The molecule has 3 atom stereocenters. The Bertz CT molecular complexity index is 1220. The maximum absolute atomic E-state index is 2.47. The molecule has 0 nitrogen and oxygen atoms in total. The topological polar surface area (TPSA) is 0 Å². The lowest BCUT2D eigenvalue weighted by Gasteiger charge is -2.40. The van der Waals surface area contributed by atoms with Gasteiger partial charge in [0.15, 0.2) is 0 Å². The molecule has 188 valence electrons. The molecule has 0 bridgehead atoms. The third kappa shape index (κ3) is 6.67. The van der Waals surface area contributed by atoms with Gasteiger partial charge in [0.2, 0.25) is 0 Å². The van der Waals surface area contributed by atoms with Gasteiger partial charge in [0.25, 0.3) is 0 Å². The molecule has 1 aromatic rings. The Hall–Kier alpha value is -2.86. The molecule has 4 rings (SSSR count). The van der Waals surface area contributed by atoms with Gasteiger partial charge in [-0.3, -0.25) is 0 Å². The van der Waals surface area contributed by atoms with E-state index in [2.05, 4.69) is 118 Å². The zero-order chi connectivity index (χ0) is 25.2. The van der Waals surface area contributed by atoms with Gasteiger partial charge in [-0.05, 0) is 110 Å². The Morgan fingerprint density at radius 3 is 2.69 bits per heavy atom. The van der Waals surface area contributed by atoms with E-state index in [0.29, 0.717) is 11.8 Å². The van der Waals surface area contributed by atoms with Crippen molar-refractivity contribution in [2.75, 3.05) is 0 Å². The fourth-order valence-corrected chi connectivity index (χ4v) is 6.12. The second kappa shape index (κ2) is 13.4. The number of allylic oxidation sites excluding steroid dienone is 14. The van der Waals surface area contributed by atoms with Gasteiger partial charge in [-0.1, -0.05) is 104 Å². The van der Waals surface area contributed by atoms with E-state index >= 15 is 0 Å². The summed E-state index contributed by atoms with van der Waals surface area (Å²) in [6, 6.07) is 8.87. The highest BCUT2D eigenvalue weighted by Crippen LogP contribution is 2.48. The minimum Gasteiger partial charge on any atom is -0.0911 e. The molecule has 36 heavy (non-hydrogen) atoms. The van der Waals surface area contributed by atoms with Crippen LogP contribution >= 0.6 is 0 Å². The van der Waals surface area contributed by atoms with Gasteiger partial charge in [0.1, 0.15) is 0 Å². The van der Waals surface area contributed by atoms with Crippen molar-refractivity contribution < 1.29 is 0 Å². The first-order chi connectivity index (χ1) is 17.7. The molecular weight excluding hydrogens is 432 g/mol. The number of rotatable bonds is 9. The van der Waals surface area contributed by atoms with Gasteiger partial charge < -0.3 is 0 Å². The van der Waals surface area contributed by atoms with Crippen LogP contribution in [-0.4, -0.2) is 0 Å². The van der Waals surface area contributed by atoms with E-state index in [9.17, 15) is 0 Å². The van der Waals surface area contributed by atoms with Crippen LogP contribution in [0.2, 0.25) is 0 Å². The summed E-state index contributed by atoms with van der Waals surface area (Å²) in [5.41, 5.74) is 6.08. The summed E-state index contributed by atoms with van der Waals surface area (Å²) in [7, 11) is 0. The van der Waals surface area contributed by atoms with Crippen molar-refractivity contribution in [2.24, 2.45) is 17.8 Å². The van der Waals surface area contributed by atoms with Crippen LogP contribution in [0.5, 0.6) is 0 Å². The third-order valence-electron chi connectivity index (χ3n) is 8.10. The maximum atomic E-state index is 2.47. The zero-order valence-electron chi connectivity index (χ0n) is 22.6. The van der Waals surface area contributed by atoms with Crippen molar-refractivity contribution in [1.82, 2.24) is 0 Å². The number of hydrogen-bond acceptors (Lipinski definition) is 0. The normalized spacial score (nSPS) is 25.0. The minimum absolute atomic E-state index is 0.495. The van der Waals surface area contributed by atoms with Crippen molar-refractivity contribution in [3.63, 3.8) is 0 Å². The van der Waals surface area contributed by atoms with Crippen LogP contribution in [0.25, 0.3) is 12.2 Å². The molecule has 1 aromatic carbocycles. The van der Waals surface area contributed by atoms with E-state index in [-0.39, 0.29) is 0 Å². The second-order valence-corrected chi connectivity index (χ2v) is 10.5. The lowest BCUT2D eigenvalue weighted by molar-refractivity contribution is 0.335. The summed E-state index contributed by atoms with van der Waals surface area (Å²) < 4.78 is 0. The van der Waals surface area contributed by atoms with Gasteiger partial charge in [-0.2, -0.15) is 0 Å². The Morgan fingerprint density at radius 1 is 1.03 bits per heavy atom. The highest BCUT2D eigenvalue weighted by molar-refractivity contribution is 5.54. The van der Waals surface area contributed by atoms with Crippen LogP contribution in [0.3, 0.4) is 0 Å². The van der Waals surface area contributed by atoms with Crippen molar-refractivity contribution in [3.8, 4) is 0 Å². The molecule has 0 heteroatoms. The van der Waals surface area contributed by atoms with Gasteiger partial charge in [0, 0.05) is 5.92 Å². The van der Waals surface area contributed by atoms with Crippen LogP contribution in [0, 0.1) is 17.8 Å². The van der Waals surface area contributed by atoms with Gasteiger partial charge >= 0.3 is 0 Å². The number of unbranched alkanes of at least 4 members (excludes halogenated alkanes) is 3. The molecule has 1 fully saturated rings. The van der Waals surface area contributed by atoms with Crippen molar-refractivity contribution in [1.29, 1.82) is 0 Å². The van der Waals surface area contributed by atoms with Gasteiger partial charge in [0.05, 0.1) is 0 Å². The molecular formula is C36H44. The lowest BCUT2D eigenvalue weighted by Crippen LogP contribution is -2.28. The SMILES string of the molecule is CC=CC(C)C(C=CCCCCC=c1ccccc1=CC=C1CCC2CCC=C3C=CC=C1C32)=CC. The van der Waals surface area contributed by atoms with Crippen molar-refractivity contribution >= 4 is 12.2 Å². The Kier molecular flexibility index (Phi) is 9.79. The molecule has 0 aliphatic heterocycles. The first kappa shape index (κ1) is 26.2. The molecule has 3 aliphatic carbocycles. The molecule has 0 radical (unpaired) electrons. The summed E-state index contributed by atoms with van der Waals surface area (Å²) in [6.45, 7) is 6.49. The maximum Gasteiger partial charge on any atom is 0.0117 e. The van der Waals surface area contributed by atoms with Crippen molar-refractivity contribution in [2.45, 2.75) is 72.1 Å². The molecule has 3 aliphatic rings. The third-order valence-corrected chi connectivity index (χ3v) is 8.10. The Morgan fingerprint density at radius 2 is 1.86 bits per heavy atom. The average Bonchev–Trinajstić information content (AvgIpc) is 2.91. The smallest absolute Gasteiger partial charge is 0.0117 e. The molecule has 0 heterocycles. The number of benzene rings is 1. The molecule has 0 N–H and O–H groups in total. The van der Waals surface area contributed by atoms with E-state index in [1.807, 2.05) is 0 Å². The molecule has 0 aromatic heterocycles.